The highest BCUT2D eigenvalue weighted by atomic mass is 16.5. The van der Waals surface area contributed by atoms with E-state index in [9.17, 15) is 0 Å². The third-order valence-electron chi connectivity index (χ3n) is 1.34. The van der Waals surface area contributed by atoms with Crippen LogP contribution in [0.25, 0.3) is 0 Å². The van der Waals surface area contributed by atoms with E-state index in [4.69, 9.17) is 9.47 Å². The Hall–Kier alpha value is -0.340. The molecule has 1 aliphatic rings. The lowest BCUT2D eigenvalue weighted by atomic mass is 10.3. The van der Waals surface area contributed by atoms with Crippen molar-refractivity contribution >= 4 is 0 Å². The Bertz CT molecular complexity index is 84.9. The van der Waals surface area contributed by atoms with Crippen molar-refractivity contribution in [1.82, 2.24) is 0 Å². The summed E-state index contributed by atoms with van der Waals surface area (Å²) in [6.07, 6.45) is 3.12. The van der Waals surface area contributed by atoms with Gasteiger partial charge in [-0.15, -0.1) is 6.58 Å². The smallest absolute Gasteiger partial charge is 0.0834 e. The van der Waals surface area contributed by atoms with Crippen LogP contribution >= 0.6 is 0 Å². The van der Waals surface area contributed by atoms with Crippen LogP contribution in [0.3, 0.4) is 0 Å². The Morgan fingerprint density at radius 3 is 3.22 bits per heavy atom. The molecular weight excluding hydrogens is 116 g/mol. The molecular formula is C7H12O2. The largest absolute Gasteiger partial charge is 0.379 e. The molecule has 1 atom stereocenters. The number of rotatable bonds is 3. The fraction of sp³-hybridized carbons (Fsp3) is 0.714. The van der Waals surface area contributed by atoms with Crippen molar-refractivity contribution in [3.05, 3.63) is 12.7 Å². The van der Waals surface area contributed by atoms with Crippen LogP contribution in [0, 0.1) is 0 Å². The van der Waals surface area contributed by atoms with Crippen molar-refractivity contribution in [2.75, 3.05) is 19.8 Å². The van der Waals surface area contributed by atoms with E-state index in [1.165, 1.54) is 0 Å². The second-order valence-electron chi connectivity index (χ2n) is 2.11. The van der Waals surface area contributed by atoms with Gasteiger partial charge in [0.25, 0.3) is 0 Å². The summed E-state index contributed by atoms with van der Waals surface area (Å²) in [6.45, 7) is 5.81. The predicted molar refractivity (Wildman–Crippen MR) is 35.4 cm³/mol. The summed E-state index contributed by atoms with van der Waals surface area (Å²) in [6, 6.07) is 0. The van der Waals surface area contributed by atoms with Crippen molar-refractivity contribution in [3.63, 3.8) is 0 Å². The molecule has 1 fully saturated rings. The lowest BCUT2D eigenvalue weighted by molar-refractivity contribution is 0.0603. The molecule has 1 heterocycles. The maximum Gasteiger partial charge on any atom is 0.0834 e. The van der Waals surface area contributed by atoms with E-state index < -0.39 is 0 Å². The topological polar surface area (TPSA) is 18.5 Å². The predicted octanol–water partition coefficient (Wildman–Crippen LogP) is 0.978. The fourth-order valence-electron chi connectivity index (χ4n) is 0.848. The molecule has 0 aromatic carbocycles. The van der Waals surface area contributed by atoms with Crippen LogP contribution in [-0.4, -0.2) is 25.9 Å². The summed E-state index contributed by atoms with van der Waals surface area (Å²) in [7, 11) is 0. The summed E-state index contributed by atoms with van der Waals surface area (Å²) in [5.41, 5.74) is 0. The van der Waals surface area contributed by atoms with Crippen LogP contribution in [0.5, 0.6) is 0 Å². The highest BCUT2D eigenvalue weighted by Crippen LogP contribution is 2.07. The minimum atomic E-state index is 0.322. The Balaban J connectivity index is 2.04. The van der Waals surface area contributed by atoms with Crippen LogP contribution < -0.4 is 0 Å². The molecule has 1 unspecified atom stereocenters. The highest BCUT2D eigenvalue weighted by Gasteiger charge is 2.14. The van der Waals surface area contributed by atoms with Gasteiger partial charge in [0.1, 0.15) is 0 Å². The van der Waals surface area contributed by atoms with Gasteiger partial charge in [-0.3, -0.25) is 0 Å². The van der Waals surface area contributed by atoms with Crippen LogP contribution in [0.15, 0.2) is 12.7 Å². The standard InChI is InChI=1S/C7H12O2/c1-2-4-9-7-3-5-8-6-7/h2,7H,1,3-6H2. The molecule has 0 bridgehead atoms. The van der Waals surface area contributed by atoms with Crippen LogP contribution in [-0.2, 0) is 9.47 Å². The van der Waals surface area contributed by atoms with Gasteiger partial charge in [-0.2, -0.15) is 0 Å². The van der Waals surface area contributed by atoms with Crippen LogP contribution in [0.1, 0.15) is 6.42 Å². The number of hydrogen-bond donors (Lipinski definition) is 0. The first kappa shape index (κ1) is 6.78. The zero-order valence-electron chi connectivity index (χ0n) is 5.51. The highest BCUT2D eigenvalue weighted by molar-refractivity contribution is 4.69. The second-order valence-corrected chi connectivity index (χ2v) is 2.11. The monoisotopic (exact) mass is 128 g/mol. The van der Waals surface area contributed by atoms with Gasteiger partial charge in [0.2, 0.25) is 0 Å². The van der Waals surface area contributed by atoms with E-state index in [0.717, 1.165) is 19.6 Å². The molecule has 0 N–H and O–H groups in total. The van der Waals surface area contributed by atoms with Crippen molar-refractivity contribution in [2.45, 2.75) is 12.5 Å². The summed E-state index contributed by atoms with van der Waals surface area (Å²) < 4.78 is 10.4. The zero-order valence-corrected chi connectivity index (χ0v) is 5.51. The molecule has 9 heavy (non-hydrogen) atoms. The van der Waals surface area contributed by atoms with Crippen molar-refractivity contribution in [1.29, 1.82) is 0 Å². The molecule has 0 radical (unpaired) electrons. The molecule has 0 aromatic rings. The maximum atomic E-state index is 5.31. The third kappa shape index (κ3) is 2.16. The Labute approximate surface area is 55.5 Å². The lowest BCUT2D eigenvalue weighted by Gasteiger charge is -2.05. The first-order valence-corrected chi connectivity index (χ1v) is 3.23. The molecule has 2 nitrogen and oxygen atoms in total. The molecule has 0 saturated carbocycles. The second kappa shape index (κ2) is 3.64. The molecule has 0 amide bonds. The van der Waals surface area contributed by atoms with Gasteiger partial charge in [0.05, 0.1) is 19.3 Å². The molecule has 52 valence electrons. The minimum Gasteiger partial charge on any atom is -0.379 e. The Morgan fingerprint density at radius 1 is 1.78 bits per heavy atom. The first-order valence-electron chi connectivity index (χ1n) is 3.23. The molecule has 2 heteroatoms. The van der Waals surface area contributed by atoms with E-state index in [0.29, 0.717) is 12.7 Å². The Kier molecular flexibility index (Phi) is 2.74. The van der Waals surface area contributed by atoms with Crippen molar-refractivity contribution < 1.29 is 9.47 Å². The van der Waals surface area contributed by atoms with Gasteiger partial charge >= 0.3 is 0 Å². The zero-order chi connectivity index (χ0) is 6.53. The third-order valence-corrected chi connectivity index (χ3v) is 1.34. The van der Waals surface area contributed by atoms with Gasteiger partial charge in [-0.1, -0.05) is 6.08 Å². The van der Waals surface area contributed by atoms with Gasteiger partial charge in [-0.05, 0) is 6.42 Å². The molecule has 1 rings (SSSR count). The van der Waals surface area contributed by atoms with E-state index in [2.05, 4.69) is 6.58 Å². The average Bonchev–Trinajstić information content (AvgIpc) is 2.34. The molecule has 0 aromatic heterocycles. The van der Waals surface area contributed by atoms with Crippen LogP contribution in [0.4, 0.5) is 0 Å². The van der Waals surface area contributed by atoms with Crippen molar-refractivity contribution in [2.24, 2.45) is 0 Å². The molecule has 0 aliphatic carbocycles. The van der Waals surface area contributed by atoms with Crippen LogP contribution in [0.2, 0.25) is 0 Å². The van der Waals surface area contributed by atoms with E-state index in [1.807, 2.05) is 0 Å². The van der Waals surface area contributed by atoms with Gasteiger partial charge in [0, 0.05) is 6.61 Å². The molecule has 1 aliphatic heterocycles. The summed E-state index contributed by atoms with van der Waals surface area (Å²) in [5, 5.41) is 0. The quantitative estimate of drug-likeness (QED) is 0.527. The average molecular weight is 128 g/mol. The van der Waals surface area contributed by atoms with E-state index in [1.54, 1.807) is 6.08 Å². The molecule has 0 spiro atoms. The SMILES string of the molecule is C=CCOC1CCOC1. The summed E-state index contributed by atoms with van der Waals surface area (Å²) in [4.78, 5) is 0. The first-order chi connectivity index (χ1) is 4.43. The Morgan fingerprint density at radius 2 is 2.67 bits per heavy atom. The molecule has 1 saturated heterocycles. The number of ether oxygens (including phenoxy) is 2. The maximum absolute atomic E-state index is 5.31. The normalized spacial score (nSPS) is 26.4. The van der Waals surface area contributed by atoms with Crippen molar-refractivity contribution in [3.8, 4) is 0 Å². The summed E-state index contributed by atoms with van der Waals surface area (Å²) in [5.74, 6) is 0. The van der Waals surface area contributed by atoms with E-state index >= 15 is 0 Å². The number of hydrogen-bond acceptors (Lipinski definition) is 2. The van der Waals surface area contributed by atoms with Gasteiger partial charge in [0.15, 0.2) is 0 Å². The van der Waals surface area contributed by atoms with E-state index in [-0.39, 0.29) is 0 Å². The lowest BCUT2D eigenvalue weighted by Crippen LogP contribution is -2.11. The minimum absolute atomic E-state index is 0.322. The summed E-state index contributed by atoms with van der Waals surface area (Å²) >= 11 is 0. The fourth-order valence-corrected chi connectivity index (χ4v) is 0.848. The van der Waals surface area contributed by atoms with Gasteiger partial charge < -0.3 is 9.47 Å². The van der Waals surface area contributed by atoms with Gasteiger partial charge in [-0.25, -0.2) is 0 Å².